The number of aryl methyl sites for hydroxylation is 3. The largest absolute Gasteiger partial charge is 0.337 e. The molecule has 0 spiro atoms. The average molecular weight is 340 g/mol. The molecule has 0 aromatic heterocycles. The number of hydrogen-bond donors (Lipinski definition) is 2. The van der Waals surface area contributed by atoms with E-state index in [4.69, 9.17) is 0 Å². The molecule has 1 saturated heterocycles. The second kappa shape index (κ2) is 5.87. The van der Waals surface area contributed by atoms with E-state index < -0.39 is 10.0 Å². The standard InChI is InChI=1S/C18H30N2O2S/c1-12-8-14(3)16(9-13(12)2)23(21,22)19-15-10-17(4,5)20-18(6,7)11-15/h8-9,15,19-20H,10-11H2,1-7H3/p+1. The first-order valence-electron chi connectivity index (χ1n) is 8.29. The molecule has 0 bridgehead atoms. The van der Waals surface area contributed by atoms with Gasteiger partial charge in [0.2, 0.25) is 10.0 Å². The Hall–Kier alpha value is -0.910. The van der Waals surface area contributed by atoms with Crippen LogP contribution in [0.4, 0.5) is 0 Å². The van der Waals surface area contributed by atoms with Crippen LogP contribution in [0.2, 0.25) is 0 Å². The van der Waals surface area contributed by atoms with Crippen molar-refractivity contribution in [3.8, 4) is 0 Å². The lowest BCUT2D eigenvalue weighted by Crippen LogP contribution is -3.06. The summed E-state index contributed by atoms with van der Waals surface area (Å²) in [4.78, 5) is 0.408. The SMILES string of the molecule is Cc1cc(C)c(S(=O)(=O)NC2CC(C)(C)[NH2+]C(C)(C)C2)cc1C. The van der Waals surface area contributed by atoms with Crippen molar-refractivity contribution in [2.75, 3.05) is 0 Å². The molecule has 4 nitrogen and oxygen atoms in total. The van der Waals surface area contributed by atoms with E-state index in [0.717, 1.165) is 29.5 Å². The molecule has 1 heterocycles. The number of sulfonamides is 1. The molecule has 0 amide bonds. The number of benzene rings is 1. The van der Waals surface area contributed by atoms with Crippen LogP contribution in [0, 0.1) is 20.8 Å². The molecule has 0 aliphatic carbocycles. The van der Waals surface area contributed by atoms with Crippen LogP contribution in [0.15, 0.2) is 17.0 Å². The molecule has 2 rings (SSSR count). The summed E-state index contributed by atoms with van der Waals surface area (Å²) < 4.78 is 28.7. The Kier molecular flexibility index (Phi) is 4.70. The molecule has 0 saturated carbocycles. The molecule has 0 atom stereocenters. The van der Waals surface area contributed by atoms with E-state index in [1.165, 1.54) is 0 Å². The third-order valence-electron chi connectivity index (χ3n) is 4.73. The van der Waals surface area contributed by atoms with Crippen LogP contribution in [0.25, 0.3) is 0 Å². The summed E-state index contributed by atoms with van der Waals surface area (Å²) >= 11 is 0. The first kappa shape index (κ1) is 18.4. The van der Waals surface area contributed by atoms with Crippen molar-refractivity contribution in [3.05, 3.63) is 28.8 Å². The quantitative estimate of drug-likeness (QED) is 0.886. The summed E-state index contributed by atoms with van der Waals surface area (Å²) in [7, 11) is -3.49. The van der Waals surface area contributed by atoms with E-state index in [9.17, 15) is 8.42 Å². The molecule has 5 heteroatoms. The van der Waals surface area contributed by atoms with Crippen LogP contribution in [0.3, 0.4) is 0 Å². The van der Waals surface area contributed by atoms with Crippen molar-refractivity contribution >= 4 is 10.0 Å². The molecule has 130 valence electrons. The Morgan fingerprint density at radius 3 is 1.96 bits per heavy atom. The van der Waals surface area contributed by atoms with Crippen LogP contribution >= 0.6 is 0 Å². The van der Waals surface area contributed by atoms with Gasteiger partial charge in [-0.1, -0.05) is 6.07 Å². The van der Waals surface area contributed by atoms with E-state index in [1.54, 1.807) is 6.07 Å². The van der Waals surface area contributed by atoms with Gasteiger partial charge in [0, 0.05) is 18.9 Å². The van der Waals surface area contributed by atoms with Crippen molar-refractivity contribution < 1.29 is 13.7 Å². The zero-order chi connectivity index (χ0) is 17.6. The van der Waals surface area contributed by atoms with Gasteiger partial charge in [-0.05, 0) is 71.2 Å². The number of nitrogens with one attached hydrogen (secondary N) is 1. The van der Waals surface area contributed by atoms with Gasteiger partial charge in [-0.3, -0.25) is 0 Å². The van der Waals surface area contributed by atoms with Gasteiger partial charge in [0.1, 0.15) is 0 Å². The topological polar surface area (TPSA) is 62.8 Å². The predicted molar refractivity (Wildman–Crippen MR) is 94.1 cm³/mol. The number of nitrogens with two attached hydrogens (primary N) is 1. The number of rotatable bonds is 3. The highest BCUT2D eigenvalue weighted by molar-refractivity contribution is 7.89. The summed E-state index contributed by atoms with van der Waals surface area (Å²) in [6.07, 6.45) is 1.67. The van der Waals surface area contributed by atoms with Crippen molar-refractivity contribution in [2.24, 2.45) is 0 Å². The fourth-order valence-corrected chi connectivity index (χ4v) is 5.65. The highest BCUT2D eigenvalue weighted by atomic mass is 32.2. The highest BCUT2D eigenvalue weighted by Gasteiger charge is 2.43. The van der Waals surface area contributed by atoms with Crippen LogP contribution in [-0.4, -0.2) is 25.5 Å². The summed E-state index contributed by atoms with van der Waals surface area (Å²) in [5.74, 6) is 0. The van der Waals surface area contributed by atoms with E-state index in [1.807, 2.05) is 26.8 Å². The Bertz CT molecular complexity index is 690. The molecule has 3 N–H and O–H groups in total. The minimum atomic E-state index is -3.49. The normalized spacial score (nSPS) is 21.3. The van der Waals surface area contributed by atoms with E-state index >= 15 is 0 Å². The van der Waals surface area contributed by atoms with Gasteiger partial charge >= 0.3 is 0 Å². The molecule has 0 unspecified atom stereocenters. The van der Waals surface area contributed by atoms with Gasteiger partial charge in [-0.2, -0.15) is 0 Å². The smallest absolute Gasteiger partial charge is 0.241 e. The zero-order valence-corrected chi connectivity index (χ0v) is 16.3. The van der Waals surface area contributed by atoms with Gasteiger partial charge in [0.25, 0.3) is 0 Å². The van der Waals surface area contributed by atoms with Crippen molar-refractivity contribution in [1.82, 2.24) is 4.72 Å². The average Bonchev–Trinajstić information content (AvgIpc) is 2.28. The molecular formula is C18H31N2O2S+. The van der Waals surface area contributed by atoms with Crippen LogP contribution in [0.5, 0.6) is 0 Å². The van der Waals surface area contributed by atoms with Gasteiger partial charge in [0.15, 0.2) is 0 Å². The zero-order valence-electron chi connectivity index (χ0n) is 15.4. The molecule has 1 aliphatic heterocycles. The molecule has 0 radical (unpaired) electrons. The molecule has 1 aromatic carbocycles. The van der Waals surface area contributed by atoms with Crippen molar-refractivity contribution in [3.63, 3.8) is 0 Å². The minimum Gasteiger partial charge on any atom is -0.337 e. The minimum absolute atomic E-state index is 0.0315. The lowest BCUT2D eigenvalue weighted by Gasteiger charge is -2.43. The Morgan fingerprint density at radius 2 is 1.43 bits per heavy atom. The highest BCUT2D eigenvalue weighted by Crippen LogP contribution is 2.25. The molecule has 1 fully saturated rings. The summed E-state index contributed by atoms with van der Waals surface area (Å²) in [6.45, 7) is 14.5. The second-order valence-corrected chi connectivity index (χ2v) is 10.2. The first-order valence-corrected chi connectivity index (χ1v) is 9.77. The molecule has 23 heavy (non-hydrogen) atoms. The fourth-order valence-electron chi connectivity index (χ4n) is 4.11. The Balaban J connectivity index is 2.30. The second-order valence-electron chi connectivity index (χ2n) is 8.55. The van der Waals surface area contributed by atoms with Crippen LogP contribution < -0.4 is 10.0 Å². The third-order valence-corrected chi connectivity index (χ3v) is 6.39. The number of quaternary nitrogens is 1. The van der Waals surface area contributed by atoms with Gasteiger partial charge in [0.05, 0.1) is 16.0 Å². The Labute approximate surface area is 141 Å². The van der Waals surface area contributed by atoms with Crippen molar-refractivity contribution in [1.29, 1.82) is 0 Å². The lowest BCUT2D eigenvalue weighted by molar-refractivity contribution is -0.787. The monoisotopic (exact) mass is 339 g/mol. The van der Waals surface area contributed by atoms with E-state index in [2.05, 4.69) is 37.7 Å². The summed E-state index contributed by atoms with van der Waals surface area (Å²) in [6, 6.07) is 3.71. The first-order chi connectivity index (χ1) is 10.3. The fraction of sp³-hybridized carbons (Fsp3) is 0.667. The van der Waals surface area contributed by atoms with Gasteiger partial charge < -0.3 is 5.32 Å². The maximum Gasteiger partial charge on any atom is 0.241 e. The van der Waals surface area contributed by atoms with E-state index in [-0.39, 0.29) is 17.1 Å². The van der Waals surface area contributed by atoms with Gasteiger partial charge in [-0.15, -0.1) is 0 Å². The Morgan fingerprint density at radius 1 is 0.957 bits per heavy atom. The number of piperidine rings is 1. The third kappa shape index (κ3) is 4.34. The van der Waals surface area contributed by atoms with Crippen LogP contribution in [-0.2, 0) is 10.0 Å². The molecular weight excluding hydrogens is 308 g/mol. The maximum atomic E-state index is 12.9. The molecule has 1 aromatic rings. The van der Waals surface area contributed by atoms with Crippen molar-refractivity contribution in [2.45, 2.75) is 83.3 Å². The summed E-state index contributed by atoms with van der Waals surface area (Å²) in [5.41, 5.74) is 3.01. The predicted octanol–water partition coefficient (Wildman–Crippen LogP) is 2.17. The summed E-state index contributed by atoms with van der Waals surface area (Å²) in [5, 5.41) is 2.35. The number of hydrogen-bond acceptors (Lipinski definition) is 2. The van der Waals surface area contributed by atoms with Crippen LogP contribution in [0.1, 0.15) is 57.2 Å². The van der Waals surface area contributed by atoms with Gasteiger partial charge in [-0.25, -0.2) is 13.1 Å². The van der Waals surface area contributed by atoms with E-state index in [0.29, 0.717) is 4.90 Å². The lowest BCUT2D eigenvalue weighted by atomic mass is 9.80. The maximum absolute atomic E-state index is 12.9. The molecule has 1 aliphatic rings.